The normalized spacial score (nSPS) is 10.3. The summed E-state index contributed by atoms with van der Waals surface area (Å²) < 4.78 is 16.0. The van der Waals surface area contributed by atoms with Crippen LogP contribution in [0.15, 0.2) is 36.4 Å². The third kappa shape index (κ3) is 3.43. The first-order valence-electron chi connectivity index (χ1n) is 7.05. The minimum Gasteiger partial charge on any atom is -0.496 e. The first kappa shape index (κ1) is 16.0. The smallest absolute Gasteiger partial charge is 0.130 e. The van der Waals surface area contributed by atoms with Gasteiger partial charge >= 0.3 is 0 Å². The van der Waals surface area contributed by atoms with E-state index in [1.54, 1.807) is 21.3 Å². The molecule has 0 fully saturated rings. The molecule has 2 aromatic carbocycles. The molecule has 0 atom stereocenters. The Morgan fingerprint density at radius 3 is 2.27 bits per heavy atom. The summed E-state index contributed by atoms with van der Waals surface area (Å²) >= 11 is 0. The van der Waals surface area contributed by atoms with Gasteiger partial charge in [0.15, 0.2) is 0 Å². The molecule has 2 rings (SSSR count). The molecule has 0 saturated carbocycles. The Hall–Kier alpha value is -2.40. The minimum atomic E-state index is 0.637. The molecule has 0 spiro atoms. The average Bonchev–Trinajstić information content (AvgIpc) is 2.56. The van der Waals surface area contributed by atoms with E-state index >= 15 is 0 Å². The third-order valence-corrected chi connectivity index (χ3v) is 3.39. The quantitative estimate of drug-likeness (QED) is 0.608. The highest BCUT2D eigenvalue weighted by atomic mass is 16.5. The zero-order valence-corrected chi connectivity index (χ0v) is 13.2. The average molecular weight is 302 g/mol. The third-order valence-electron chi connectivity index (χ3n) is 3.39. The second kappa shape index (κ2) is 7.56. The van der Waals surface area contributed by atoms with Crippen LogP contribution in [0.4, 0.5) is 11.4 Å². The van der Waals surface area contributed by atoms with Crippen LogP contribution in [0.3, 0.4) is 0 Å². The fourth-order valence-electron chi connectivity index (χ4n) is 2.30. The molecular weight excluding hydrogens is 280 g/mol. The van der Waals surface area contributed by atoms with Gasteiger partial charge < -0.3 is 25.3 Å². The SMILES string of the molecule is COCCNc1ccc(N)c(-c2c(OC)cccc2OC)c1. The predicted octanol–water partition coefficient (Wildman–Crippen LogP) is 3.01. The monoisotopic (exact) mass is 302 g/mol. The highest BCUT2D eigenvalue weighted by Crippen LogP contribution is 2.41. The summed E-state index contributed by atoms with van der Waals surface area (Å²) in [6.45, 7) is 1.36. The van der Waals surface area contributed by atoms with Crippen LogP contribution in [-0.2, 0) is 4.74 Å². The van der Waals surface area contributed by atoms with Gasteiger partial charge in [0.25, 0.3) is 0 Å². The zero-order chi connectivity index (χ0) is 15.9. The van der Waals surface area contributed by atoms with E-state index in [4.69, 9.17) is 19.9 Å². The van der Waals surface area contributed by atoms with Crippen molar-refractivity contribution in [2.45, 2.75) is 0 Å². The highest BCUT2D eigenvalue weighted by Gasteiger charge is 2.15. The van der Waals surface area contributed by atoms with Gasteiger partial charge in [-0.15, -0.1) is 0 Å². The molecule has 2 aromatic rings. The molecule has 5 nitrogen and oxygen atoms in total. The lowest BCUT2D eigenvalue weighted by atomic mass is 10.0. The lowest BCUT2D eigenvalue weighted by molar-refractivity contribution is 0.211. The molecule has 0 aromatic heterocycles. The number of benzene rings is 2. The summed E-state index contributed by atoms with van der Waals surface area (Å²) in [5, 5.41) is 3.30. The van der Waals surface area contributed by atoms with Crippen LogP contribution >= 0.6 is 0 Å². The van der Waals surface area contributed by atoms with Crippen molar-refractivity contribution >= 4 is 11.4 Å². The molecule has 0 unspecified atom stereocenters. The van der Waals surface area contributed by atoms with Gasteiger partial charge in [0, 0.05) is 30.6 Å². The van der Waals surface area contributed by atoms with E-state index in [9.17, 15) is 0 Å². The number of methoxy groups -OCH3 is 3. The second-order valence-corrected chi connectivity index (χ2v) is 4.76. The van der Waals surface area contributed by atoms with E-state index < -0.39 is 0 Å². The van der Waals surface area contributed by atoms with Crippen molar-refractivity contribution in [1.82, 2.24) is 0 Å². The molecule has 0 bridgehead atoms. The minimum absolute atomic E-state index is 0.637. The van der Waals surface area contributed by atoms with Crippen LogP contribution in [0, 0.1) is 0 Å². The van der Waals surface area contributed by atoms with Gasteiger partial charge in [-0.1, -0.05) is 6.07 Å². The van der Waals surface area contributed by atoms with Crippen LogP contribution in [-0.4, -0.2) is 34.5 Å². The van der Waals surface area contributed by atoms with Crippen molar-refractivity contribution in [3.63, 3.8) is 0 Å². The number of hydrogen-bond donors (Lipinski definition) is 2. The molecule has 0 radical (unpaired) electrons. The van der Waals surface area contributed by atoms with Gasteiger partial charge in [0.05, 0.1) is 26.4 Å². The van der Waals surface area contributed by atoms with Gasteiger partial charge in [0.2, 0.25) is 0 Å². The van der Waals surface area contributed by atoms with Crippen molar-refractivity contribution in [3.8, 4) is 22.6 Å². The van der Waals surface area contributed by atoms with E-state index in [1.165, 1.54) is 0 Å². The number of nitrogens with one attached hydrogen (secondary N) is 1. The molecule has 0 aliphatic carbocycles. The maximum Gasteiger partial charge on any atom is 0.130 e. The maximum absolute atomic E-state index is 6.16. The molecule has 0 saturated heterocycles. The van der Waals surface area contributed by atoms with Crippen molar-refractivity contribution in [1.29, 1.82) is 0 Å². The molecule has 5 heteroatoms. The topological polar surface area (TPSA) is 65.7 Å². The van der Waals surface area contributed by atoms with E-state index in [1.807, 2.05) is 36.4 Å². The molecule has 0 aliphatic rings. The highest BCUT2D eigenvalue weighted by molar-refractivity contribution is 5.86. The van der Waals surface area contributed by atoms with Crippen molar-refractivity contribution in [3.05, 3.63) is 36.4 Å². The van der Waals surface area contributed by atoms with Gasteiger partial charge in [-0.2, -0.15) is 0 Å². The molecule has 3 N–H and O–H groups in total. The predicted molar refractivity (Wildman–Crippen MR) is 89.8 cm³/mol. The molecule has 118 valence electrons. The van der Waals surface area contributed by atoms with Crippen LogP contribution in [0.2, 0.25) is 0 Å². The van der Waals surface area contributed by atoms with Crippen LogP contribution in [0.1, 0.15) is 0 Å². The Bertz CT molecular complexity index is 607. The molecule has 0 heterocycles. The number of anilines is 2. The number of rotatable bonds is 7. The Balaban J connectivity index is 2.45. The number of ether oxygens (including phenoxy) is 3. The zero-order valence-electron chi connectivity index (χ0n) is 13.2. The molecule has 22 heavy (non-hydrogen) atoms. The van der Waals surface area contributed by atoms with E-state index in [0.29, 0.717) is 12.3 Å². The lowest BCUT2D eigenvalue weighted by Crippen LogP contribution is -2.08. The number of nitrogen functional groups attached to an aromatic ring is 1. The van der Waals surface area contributed by atoms with Crippen LogP contribution in [0.25, 0.3) is 11.1 Å². The van der Waals surface area contributed by atoms with Gasteiger partial charge in [0.1, 0.15) is 11.5 Å². The molecular formula is C17H22N2O3. The Labute approximate surface area is 131 Å². The molecule has 0 aliphatic heterocycles. The molecule has 0 amide bonds. The fraction of sp³-hybridized carbons (Fsp3) is 0.294. The number of hydrogen-bond acceptors (Lipinski definition) is 5. The van der Waals surface area contributed by atoms with Gasteiger partial charge in [-0.25, -0.2) is 0 Å². The first-order chi connectivity index (χ1) is 10.7. The van der Waals surface area contributed by atoms with Crippen molar-refractivity contribution < 1.29 is 14.2 Å². The van der Waals surface area contributed by atoms with Crippen molar-refractivity contribution in [2.75, 3.05) is 45.5 Å². The van der Waals surface area contributed by atoms with Gasteiger partial charge in [-0.3, -0.25) is 0 Å². The Kier molecular flexibility index (Phi) is 5.49. The van der Waals surface area contributed by atoms with Crippen LogP contribution < -0.4 is 20.5 Å². The summed E-state index contributed by atoms with van der Waals surface area (Å²) in [6.07, 6.45) is 0. The summed E-state index contributed by atoms with van der Waals surface area (Å²) in [4.78, 5) is 0. The maximum atomic E-state index is 6.16. The van der Waals surface area contributed by atoms with E-state index in [0.717, 1.165) is 34.9 Å². The van der Waals surface area contributed by atoms with Gasteiger partial charge in [-0.05, 0) is 30.3 Å². The summed E-state index contributed by atoms with van der Waals surface area (Å²) in [6, 6.07) is 11.5. The van der Waals surface area contributed by atoms with Crippen LogP contribution in [0.5, 0.6) is 11.5 Å². The summed E-state index contributed by atoms with van der Waals surface area (Å²) in [5.74, 6) is 1.44. The Morgan fingerprint density at radius 2 is 1.68 bits per heavy atom. The summed E-state index contributed by atoms with van der Waals surface area (Å²) in [7, 11) is 4.94. The standard InChI is InChI=1S/C17H22N2O3/c1-20-10-9-19-12-7-8-14(18)13(11-12)17-15(21-2)5-4-6-16(17)22-3/h4-8,11,19H,9-10,18H2,1-3H3. The van der Waals surface area contributed by atoms with Crippen molar-refractivity contribution in [2.24, 2.45) is 0 Å². The van der Waals surface area contributed by atoms with E-state index in [-0.39, 0.29) is 0 Å². The lowest BCUT2D eigenvalue weighted by Gasteiger charge is -2.16. The number of nitrogens with two attached hydrogens (primary N) is 1. The largest absolute Gasteiger partial charge is 0.496 e. The fourth-order valence-corrected chi connectivity index (χ4v) is 2.30. The summed E-state index contributed by atoms with van der Waals surface area (Å²) in [5.41, 5.74) is 9.51. The Morgan fingerprint density at radius 1 is 1.00 bits per heavy atom. The van der Waals surface area contributed by atoms with E-state index in [2.05, 4.69) is 5.32 Å². The second-order valence-electron chi connectivity index (χ2n) is 4.76. The first-order valence-corrected chi connectivity index (χ1v) is 7.05.